The van der Waals surface area contributed by atoms with E-state index in [0.717, 1.165) is 12.9 Å². The molecule has 2 aromatic heterocycles. The van der Waals surface area contributed by atoms with E-state index >= 15 is 0 Å². The molecule has 0 radical (unpaired) electrons. The van der Waals surface area contributed by atoms with Crippen molar-refractivity contribution in [1.82, 2.24) is 14.8 Å². The average Bonchev–Trinajstić information content (AvgIpc) is 3.17. The van der Waals surface area contributed by atoms with Crippen molar-refractivity contribution >= 4 is 47.9 Å². The summed E-state index contributed by atoms with van der Waals surface area (Å²) in [5, 5.41) is 9.38. The summed E-state index contributed by atoms with van der Waals surface area (Å²) in [5.41, 5.74) is 0.601. The number of aromatic nitrogens is 3. The third kappa shape index (κ3) is 6.40. The van der Waals surface area contributed by atoms with Gasteiger partial charge in [-0.15, -0.1) is 0 Å². The van der Waals surface area contributed by atoms with Crippen molar-refractivity contribution in [1.29, 1.82) is 0 Å². The molecule has 0 unspecified atom stereocenters. The summed E-state index contributed by atoms with van der Waals surface area (Å²) in [4.78, 5) is 38.0. The maximum atomic E-state index is 12.0. The SMILES string of the molecule is Cn1ncc(C(=O)Nc2ccc(Cl)cn2)c1NC=O.O=C1COCCB1C1CCCCC1. The van der Waals surface area contributed by atoms with E-state index in [4.69, 9.17) is 16.3 Å². The van der Waals surface area contributed by atoms with E-state index in [1.807, 2.05) is 0 Å². The number of hydrogen-bond donors (Lipinski definition) is 2. The molecule has 32 heavy (non-hydrogen) atoms. The quantitative estimate of drug-likeness (QED) is 0.524. The van der Waals surface area contributed by atoms with Crippen LogP contribution in [0.4, 0.5) is 11.6 Å². The molecule has 2 aliphatic rings. The van der Waals surface area contributed by atoms with Crippen molar-refractivity contribution < 1.29 is 19.1 Å². The zero-order valence-electron chi connectivity index (χ0n) is 18.1. The van der Waals surface area contributed by atoms with Gasteiger partial charge in [0.1, 0.15) is 22.9 Å². The first kappa shape index (κ1) is 23.9. The largest absolute Gasteiger partial charge is 0.375 e. The maximum Gasteiger partial charge on any atom is 0.262 e. The monoisotopic (exact) mass is 459 g/mol. The highest BCUT2D eigenvalue weighted by molar-refractivity contribution is 6.91. The van der Waals surface area contributed by atoms with Crippen LogP contribution in [0.15, 0.2) is 24.5 Å². The van der Waals surface area contributed by atoms with Crippen LogP contribution in [-0.4, -0.2) is 52.7 Å². The van der Waals surface area contributed by atoms with Crippen molar-refractivity contribution in [2.75, 3.05) is 23.8 Å². The van der Waals surface area contributed by atoms with Crippen molar-refractivity contribution in [2.45, 2.75) is 44.2 Å². The van der Waals surface area contributed by atoms with Crippen LogP contribution in [0.1, 0.15) is 42.5 Å². The molecule has 0 atom stereocenters. The van der Waals surface area contributed by atoms with Crippen LogP contribution in [0.2, 0.25) is 17.2 Å². The highest BCUT2D eigenvalue weighted by Gasteiger charge is 2.35. The molecule has 4 rings (SSSR count). The number of ether oxygens (including phenoxy) is 1. The number of hydrogen-bond acceptors (Lipinski definition) is 6. The second-order valence-electron chi connectivity index (χ2n) is 7.92. The van der Waals surface area contributed by atoms with Gasteiger partial charge in [0.05, 0.1) is 17.8 Å². The van der Waals surface area contributed by atoms with Gasteiger partial charge in [0.2, 0.25) is 13.1 Å². The van der Waals surface area contributed by atoms with E-state index in [2.05, 4.69) is 20.7 Å². The second-order valence-corrected chi connectivity index (χ2v) is 8.36. The molecule has 3 heterocycles. The molecule has 0 bridgehead atoms. The third-order valence-electron chi connectivity index (χ3n) is 5.80. The number of carbonyl (C=O) groups excluding carboxylic acids is 3. The highest BCUT2D eigenvalue weighted by atomic mass is 35.5. The number of nitrogens with zero attached hydrogens (tertiary/aromatic N) is 3. The summed E-state index contributed by atoms with van der Waals surface area (Å²) in [6, 6.07) is 3.18. The number of pyridine rings is 1. The Morgan fingerprint density at radius 3 is 2.72 bits per heavy atom. The van der Waals surface area contributed by atoms with Crippen molar-refractivity contribution in [3.05, 3.63) is 35.1 Å². The summed E-state index contributed by atoms with van der Waals surface area (Å²) in [7, 11) is 1.61. The molecule has 1 aliphatic heterocycles. The smallest absolute Gasteiger partial charge is 0.262 e. The normalized spacial score (nSPS) is 16.7. The highest BCUT2D eigenvalue weighted by Crippen LogP contribution is 2.33. The minimum Gasteiger partial charge on any atom is -0.375 e. The molecule has 1 aliphatic carbocycles. The van der Waals surface area contributed by atoms with Crippen LogP contribution in [0.3, 0.4) is 0 Å². The molecule has 2 fully saturated rings. The molecule has 170 valence electrons. The van der Waals surface area contributed by atoms with Gasteiger partial charge < -0.3 is 20.2 Å². The van der Waals surface area contributed by atoms with Gasteiger partial charge in [-0.3, -0.25) is 14.3 Å². The molecule has 1 saturated carbocycles. The predicted molar refractivity (Wildman–Crippen MR) is 123 cm³/mol. The summed E-state index contributed by atoms with van der Waals surface area (Å²) in [6.07, 6.45) is 10.8. The average molecular weight is 460 g/mol. The lowest BCUT2D eigenvalue weighted by atomic mass is 9.34. The molecule has 0 aromatic carbocycles. The van der Waals surface area contributed by atoms with Crippen LogP contribution < -0.4 is 10.6 Å². The van der Waals surface area contributed by atoms with E-state index in [1.165, 1.54) is 49.2 Å². The molecule has 9 nitrogen and oxygen atoms in total. The molecular weight excluding hydrogens is 433 g/mol. The van der Waals surface area contributed by atoms with Gasteiger partial charge in [-0.25, -0.2) is 4.98 Å². The molecule has 2 amide bonds. The lowest BCUT2D eigenvalue weighted by molar-refractivity contribution is -0.117. The van der Waals surface area contributed by atoms with E-state index in [-0.39, 0.29) is 5.56 Å². The predicted octanol–water partition coefficient (Wildman–Crippen LogP) is 3.24. The van der Waals surface area contributed by atoms with E-state index in [1.54, 1.807) is 19.2 Å². The zero-order chi connectivity index (χ0) is 22.9. The van der Waals surface area contributed by atoms with E-state index in [0.29, 0.717) is 47.9 Å². The number of aryl methyl sites for hydroxylation is 1. The minimum atomic E-state index is -0.424. The lowest BCUT2D eigenvalue weighted by Crippen LogP contribution is -2.40. The molecule has 1 saturated heterocycles. The number of nitrogens with one attached hydrogen (secondary N) is 2. The summed E-state index contributed by atoms with van der Waals surface area (Å²) < 4.78 is 6.54. The number of rotatable bonds is 5. The van der Waals surface area contributed by atoms with Gasteiger partial charge in [-0.2, -0.15) is 5.10 Å². The van der Waals surface area contributed by atoms with Crippen molar-refractivity contribution in [3.8, 4) is 0 Å². The Bertz CT molecular complexity index is 931. The fourth-order valence-corrected chi connectivity index (χ4v) is 4.26. The summed E-state index contributed by atoms with van der Waals surface area (Å²) in [5.74, 6) is 0.925. The van der Waals surface area contributed by atoms with Gasteiger partial charge in [-0.05, 0) is 18.5 Å². The van der Waals surface area contributed by atoms with Crippen LogP contribution in [0.25, 0.3) is 0 Å². The molecule has 2 N–H and O–H groups in total. The van der Waals surface area contributed by atoms with Crippen LogP contribution >= 0.6 is 11.6 Å². The van der Waals surface area contributed by atoms with E-state index in [9.17, 15) is 14.4 Å². The van der Waals surface area contributed by atoms with Gasteiger partial charge in [0.25, 0.3) is 5.91 Å². The first-order valence-electron chi connectivity index (χ1n) is 10.7. The van der Waals surface area contributed by atoms with Crippen molar-refractivity contribution in [2.24, 2.45) is 7.05 Å². The van der Waals surface area contributed by atoms with Gasteiger partial charge in [-0.1, -0.05) is 49.5 Å². The minimum absolute atomic E-state index is 0.242. The van der Waals surface area contributed by atoms with Crippen LogP contribution in [0.5, 0.6) is 0 Å². The first-order chi connectivity index (χ1) is 15.5. The first-order valence-corrected chi connectivity index (χ1v) is 11.1. The third-order valence-corrected chi connectivity index (χ3v) is 6.02. The molecular formula is C21H27BClN5O4. The van der Waals surface area contributed by atoms with Gasteiger partial charge >= 0.3 is 0 Å². The zero-order valence-corrected chi connectivity index (χ0v) is 18.8. The molecule has 11 heteroatoms. The Labute approximate surface area is 192 Å². The standard InChI is InChI=1S/C11H10ClN5O2.C10H17BO2/c1-17-10(14-6-18)8(5-15-17)11(19)16-9-3-2-7(12)4-13-9;12-10-8-13-7-6-11(10)9-4-2-1-3-5-9/h2-6H,1H3,(H,14,18)(H,13,16,19);9H,1-8H2. The Hall–Kier alpha value is -2.72. The second kappa shape index (κ2) is 11.8. The van der Waals surface area contributed by atoms with Gasteiger partial charge in [0.15, 0.2) is 0 Å². The van der Waals surface area contributed by atoms with Crippen LogP contribution in [-0.2, 0) is 21.4 Å². The number of carbonyl (C=O) groups is 3. The summed E-state index contributed by atoms with van der Waals surface area (Å²) >= 11 is 5.70. The maximum absolute atomic E-state index is 12.0. The molecule has 2 aromatic rings. The Balaban J connectivity index is 0.000000193. The van der Waals surface area contributed by atoms with Crippen LogP contribution in [0, 0.1) is 0 Å². The lowest BCUT2D eigenvalue weighted by Gasteiger charge is -2.29. The Kier molecular flexibility index (Phi) is 8.81. The van der Waals surface area contributed by atoms with Crippen molar-refractivity contribution in [3.63, 3.8) is 0 Å². The Morgan fingerprint density at radius 1 is 1.28 bits per heavy atom. The fourth-order valence-electron chi connectivity index (χ4n) is 4.15. The topological polar surface area (TPSA) is 115 Å². The Morgan fingerprint density at radius 2 is 2.06 bits per heavy atom. The van der Waals surface area contributed by atoms with Gasteiger partial charge in [0, 0.05) is 19.9 Å². The number of halogens is 1. The number of anilines is 2. The molecule has 0 spiro atoms. The van der Waals surface area contributed by atoms with E-state index < -0.39 is 5.91 Å². The summed E-state index contributed by atoms with van der Waals surface area (Å²) in [6.45, 7) is 1.52. The fraction of sp³-hybridized carbons (Fsp3) is 0.476. The number of amides is 2.